The molecule has 0 aliphatic heterocycles. The molecular formula is C15H9F2NO3. The summed E-state index contributed by atoms with van der Waals surface area (Å²) in [5.74, 6) is -2.89. The minimum absolute atomic E-state index is 0.0784. The molecule has 0 heterocycles. The van der Waals surface area contributed by atoms with Crippen molar-refractivity contribution >= 4 is 5.97 Å². The Morgan fingerprint density at radius 3 is 2.71 bits per heavy atom. The SMILES string of the molecule is N#Cc1cccc(COc2cc(F)ccc2C(=O)O)c1F. The molecule has 2 aromatic carbocycles. The van der Waals surface area contributed by atoms with Crippen LogP contribution in [0.3, 0.4) is 0 Å². The Balaban J connectivity index is 2.27. The monoisotopic (exact) mass is 289 g/mol. The van der Waals surface area contributed by atoms with Gasteiger partial charge >= 0.3 is 5.97 Å². The topological polar surface area (TPSA) is 70.3 Å². The number of carboxylic acids is 1. The largest absolute Gasteiger partial charge is 0.488 e. The highest BCUT2D eigenvalue weighted by atomic mass is 19.1. The van der Waals surface area contributed by atoms with Crippen molar-refractivity contribution in [2.24, 2.45) is 0 Å². The first-order chi connectivity index (χ1) is 10.0. The predicted octanol–water partition coefficient (Wildman–Crippen LogP) is 3.11. The third-order valence-electron chi connectivity index (χ3n) is 2.76. The molecule has 0 saturated heterocycles. The third-order valence-corrected chi connectivity index (χ3v) is 2.76. The highest BCUT2D eigenvalue weighted by Gasteiger charge is 2.14. The Hall–Kier alpha value is -2.94. The van der Waals surface area contributed by atoms with E-state index < -0.39 is 17.6 Å². The second-order valence-electron chi connectivity index (χ2n) is 4.12. The molecule has 6 heteroatoms. The summed E-state index contributed by atoms with van der Waals surface area (Å²) >= 11 is 0. The molecule has 0 atom stereocenters. The number of benzene rings is 2. The van der Waals surface area contributed by atoms with Crippen LogP contribution < -0.4 is 4.74 Å². The van der Waals surface area contributed by atoms with Crippen LogP contribution in [0.2, 0.25) is 0 Å². The Morgan fingerprint density at radius 1 is 1.29 bits per heavy atom. The summed E-state index contributed by atoms with van der Waals surface area (Å²) in [6.07, 6.45) is 0. The van der Waals surface area contributed by atoms with Crippen LogP contribution in [0.5, 0.6) is 5.75 Å². The fourth-order valence-electron chi connectivity index (χ4n) is 1.73. The number of aromatic carboxylic acids is 1. The van der Waals surface area contributed by atoms with Gasteiger partial charge in [0.1, 0.15) is 35.6 Å². The van der Waals surface area contributed by atoms with Crippen molar-refractivity contribution in [1.29, 1.82) is 5.26 Å². The number of nitrogens with zero attached hydrogens (tertiary/aromatic N) is 1. The molecule has 2 rings (SSSR count). The summed E-state index contributed by atoms with van der Waals surface area (Å²) in [6.45, 7) is -0.314. The van der Waals surface area contributed by atoms with E-state index in [9.17, 15) is 13.6 Å². The number of carbonyl (C=O) groups is 1. The van der Waals surface area contributed by atoms with E-state index in [1.165, 1.54) is 18.2 Å². The number of halogens is 2. The zero-order valence-corrected chi connectivity index (χ0v) is 10.6. The first-order valence-electron chi connectivity index (χ1n) is 5.86. The normalized spacial score (nSPS) is 9.95. The first-order valence-corrected chi connectivity index (χ1v) is 5.86. The lowest BCUT2D eigenvalue weighted by atomic mass is 10.1. The van der Waals surface area contributed by atoms with E-state index in [0.717, 1.165) is 18.2 Å². The molecule has 0 unspecified atom stereocenters. The zero-order chi connectivity index (χ0) is 15.4. The predicted molar refractivity (Wildman–Crippen MR) is 68.8 cm³/mol. The van der Waals surface area contributed by atoms with Crippen LogP contribution in [0, 0.1) is 23.0 Å². The molecule has 0 aromatic heterocycles. The number of ether oxygens (including phenoxy) is 1. The van der Waals surface area contributed by atoms with Crippen molar-refractivity contribution in [2.45, 2.75) is 6.61 Å². The highest BCUT2D eigenvalue weighted by Crippen LogP contribution is 2.22. The first kappa shape index (κ1) is 14.5. The molecule has 0 aliphatic carbocycles. The lowest BCUT2D eigenvalue weighted by Crippen LogP contribution is -2.05. The fourth-order valence-corrected chi connectivity index (χ4v) is 1.73. The van der Waals surface area contributed by atoms with E-state index in [2.05, 4.69) is 0 Å². The molecule has 4 nitrogen and oxygen atoms in total. The van der Waals surface area contributed by atoms with Crippen LogP contribution in [0.4, 0.5) is 8.78 Å². The average Bonchev–Trinajstić information content (AvgIpc) is 2.46. The second kappa shape index (κ2) is 6.01. The summed E-state index contributed by atoms with van der Waals surface area (Å²) in [5, 5.41) is 17.7. The van der Waals surface area contributed by atoms with Crippen LogP contribution >= 0.6 is 0 Å². The van der Waals surface area contributed by atoms with Gasteiger partial charge in [-0.2, -0.15) is 5.26 Å². The molecule has 1 N–H and O–H groups in total. The number of nitriles is 1. The molecular weight excluding hydrogens is 280 g/mol. The molecule has 2 aromatic rings. The maximum atomic E-state index is 13.8. The quantitative estimate of drug-likeness (QED) is 0.938. The lowest BCUT2D eigenvalue weighted by Gasteiger charge is -2.10. The van der Waals surface area contributed by atoms with Crippen molar-refractivity contribution in [2.75, 3.05) is 0 Å². The van der Waals surface area contributed by atoms with Gasteiger partial charge in [0, 0.05) is 11.6 Å². The standard InChI is InChI=1S/C15H9F2NO3/c16-11-4-5-12(15(19)20)13(6-11)21-8-10-3-1-2-9(7-18)14(10)17/h1-6H,8H2,(H,19,20). The van der Waals surface area contributed by atoms with E-state index >= 15 is 0 Å². The summed E-state index contributed by atoms with van der Waals surface area (Å²) < 4.78 is 32.1. The zero-order valence-electron chi connectivity index (χ0n) is 10.6. The maximum absolute atomic E-state index is 13.8. The molecule has 0 fully saturated rings. The van der Waals surface area contributed by atoms with Gasteiger partial charge in [-0.05, 0) is 18.2 Å². The van der Waals surface area contributed by atoms with Crippen molar-refractivity contribution in [3.05, 3.63) is 64.7 Å². The molecule has 0 radical (unpaired) electrons. The van der Waals surface area contributed by atoms with Crippen LogP contribution in [0.15, 0.2) is 36.4 Å². The van der Waals surface area contributed by atoms with E-state index in [0.29, 0.717) is 0 Å². The van der Waals surface area contributed by atoms with Crippen LogP contribution in [0.1, 0.15) is 21.5 Å². The molecule has 0 bridgehead atoms. The second-order valence-corrected chi connectivity index (χ2v) is 4.12. The van der Waals surface area contributed by atoms with Crippen molar-refractivity contribution in [1.82, 2.24) is 0 Å². The van der Waals surface area contributed by atoms with E-state index in [1.54, 1.807) is 6.07 Å². The number of hydrogen-bond donors (Lipinski definition) is 1. The molecule has 106 valence electrons. The fraction of sp³-hybridized carbons (Fsp3) is 0.0667. The van der Waals surface area contributed by atoms with Gasteiger partial charge in [-0.3, -0.25) is 0 Å². The van der Waals surface area contributed by atoms with Gasteiger partial charge in [-0.25, -0.2) is 13.6 Å². The van der Waals surface area contributed by atoms with E-state index in [-0.39, 0.29) is 29.0 Å². The third kappa shape index (κ3) is 3.15. The van der Waals surface area contributed by atoms with Gasteiger partial charge in [-0.15, -0.1) is 0 Å². The summed E-state index contributed by atoms with van der Waals surface area (Å²) in [7, 11) is 0. The molecule has 0 aliphatic rings. The number of hydrogen-bond acceptors (Lipinski definition) is 3. The van der Waals surface area contributed by atoms with Gasteiger partial charge in [0.15, 0.2) is 0 Å². The van der Waals surface area contributed by atoms with Gasteiger partial charge < -0.3 is 9.84 Å². The average molecular weight is 289 g/mol. The molecule has 0 saturated carbocycles. The molecule has 0 spiro atoms. The smallest absolute Gasteiger partial charge is 0.339 e. The Bertz CT molecular complexity index is 738. The van der Waals surface area contributed by atoms with Gasteiger partial charge in [0.05, 0.1) is 5.56 Å². The van der Waals surface area contributed by atoms with Crippen molar-refractivity contribution in [3.8, 4) is 11.8 Å². The number of rotatable bonds is 4. The summed E-state index contributed by atoms with van der Waals surface area (Å²) in [5.41, 5.74) is -0.295. The molecule has 21 heavy (non-hydrogen) atoms. The maximum Gasteiger partial charge on any atom is 0.339 e. The highest BCUT2D eigenvalue weighted by molar-refractivity contribution is 5.90. The van der Waals surface area contributed by atoms with Gasteiger partial charge in [-0.1, -0.05) is 12.1 Å². The van der Waals surface area contributed by atoms with Crippen LogP contribution in [-0.4, -0.2) is 11.1 Å². The molecule has 0 amide bonds. The van der Waals surface area contributed by atoms with E-state index in [4.69, 9.17) is 15.1 Å². The summed E-state index contributed by atoms with van der Waals surface area (Å²) in [4.78, 5) is 11.0. The Morgan fingerprint density at radius 2 is 2.05 bits per heavy atom. The van der Waals surface area contributed by atoms with Crippen molar-refractivity contribution < 1.29 is 23.4 Å². The summed E-state index contributed by atoms with van der Waals surface area (Å²) in [6, 6.07) is 8.84. The Kier molecular flexibility index (Phi) is 4.14. The van der Waals surface area contributed by atoms with Gasteiger partial charge in [0.25, 0.3) is 0 Å². The minimum Gasteiger partial charge on any atom is -0.488 e. The van der Waals surface area contributed by atoms with E-state index in [1.807, 2.05) is 0 Å². The van der Waals surface area contributed by atoms with Crippen LogP contribution in [0.25, 0.3) is 0 Å². The lowest BCUT2D eigenvalue weighted by molar-refractivity contribution is 0.0691. The van der Waals surface area contributed by atoms with Crippen molar-refractivity contribution in [3.63, 3.8) is 0 Å². The number of carboxylic acid groups (broad SMARTS) is 1. The van der Waals surface area contributed by atoms with Crippen LogP contribution in [-0.2, 0) is 6.61 Å². The minimum atomic E-state index is -1.28. The van der Waals surface area contributed by atoms with Gasteiger partial charge in [0.2, 0.25) is 0 Å². The Labute approximate surface area is 118 Å².